The lowest BCUT2D eigenvalue weighted by Crippen LogP contribution is -1.89. The highest BCUT2D eigenvalue weighted by Gasteiger charge is 2.18. The number of nitrogens with zero attached hydrogens (tertiary/aromatic N) is 4. The van der Waals surface area contributed by atoms with Crippen molar-refractivity contribution < 1.29 is 14.1 Å². The first-order valence-electron chi connectivity index (χ1n) is 8.32. The minimum Gasteiger partial charge on any atom is -0.497 e. The second-order valence-corrected chi connectivity index (χ2v) is 7.26. The van der Waals surface area contributed by atoms with Crippen molar-refractivity contribution in [2.24, 2.45) is 0 Å². The van der Waals surface area contributed by atoms with Crippen LogP contribution in [0.25, 0.3) is 22.5 Å². The molecule has 0 fully saturated rings. The fourth-order valence-corrected chi connectivity index (χ4v) is 3.46. The van der Waals surface area contributed by atoms with E-state index in [9.17, 15) is 10.1 Å². The summed E-state index contributed by atoms with van der Waals surface area (Å²) in [6.07, 6.45) is 0. The van der Waals surface area contributed by atoms with Crippen molar-refractivity contribution in [3.05, 3.63) is 58.5 Å². The van der Waals surface area contributed by atoms with Crippen LogP contribution in [0.2, 0.25) is 0 Å². The van der Waals surface area contributed by atoms with Gasteiger partial charge >= 0.3 is 0 Å². The van der Waals surface area contributed by atoms with E-state index in [-0.39, 0.29) is 10.9 Å². The summed E-state index contributed by atoms with van der Waals surface area (Å²) in [6, 6.07) is 11.6. The summed E-state index contributed by atoms with van der Waals surface area (Å²) in [6.45, 7) is 1.94. The second-order valence-electron chi connectivity index (χ2n) is 5.93. The van der Waals surface area contributed by atoms with Gasteiger partial charge in [0, 0.05) is 23.8 Å². The number of nitro groups is 1. The number of thioether (sulfide) groups is 1. The van der Waals surface area contributed by atoms with E-state index >= 15 is 0 Å². The third-order valence-electron chi connectivity index (χ3n) is 4.07. The van der Waals surface area contributed by atoms with Crippen LogP contribution in [0.4, 0.5) is 5.69 Å². The number of non-ortho nitro benzene ring substituents is 1. The smallest absolute Gasteiger partial charge is 0.269 e. The fraction of sp³-hybridized carbons (Fsp3) is 0.167. The van der Waals surface area contributed by atoms with Crippen LogP contribution in [0.1, 0.15) is 18.1 Å². The van der Waals surface area contributed by atoms with Gasteiger partial charge in [-0.3, -0.25) is 10.1 Å². The average Bonchev–Trinajstić information content (AvgIpc) is 3.34. The van der Waals surface area contributed by atoms with E-state index in [1.54, 1.807) is 19.2 Å². The average molecular weight is 397 g/mol. The summed E-state index contributed by atoms with van der Waals surface area (Å²) >= 11 is 1.46. The largest absolute Gasteiger partial charge is 0.497 e. The van der Waals surface area contributed by atoms with Gasteiger partial charge in [-0.15, -0.1) is 10.2 Å². The normalized spacial score (nSPS) is 12.2. The summed E-state index contributed by atoms with van der Waals surface area (Å²) in [5.74, 6) is 1.51. The minimum absolute atomic E-state index is 0.00827. The van der Waals surface area contributed by atoms with Crippen LogP contribution in [0.15, 0.2) is 52.0 Å². The molecule has 0 unspecified atom stereocenters. The molecule has 0 saturated heterocycles. The van der Waals surface area contributed by atoms with Gasteiger partial charge in [0.05, 0.1) is 28.3 Å². The zero-order valence-electron chi connectivity index (χ0n) is 14.9. The number of hydrogen-bond acceptors (Lipinski definition) is 8. The molecule has 4 rings (SSSR count). The van der Waals surface area contributed by atoms with Crippen molar-refractivity contribution in [2.75, 3.05) is 7.11 Å². The van der Waals surface area contributed by atoms with Gasteiger partial charge in [-0.05, 0) is 31.2 Å². The van der Waals surface area contributed by atoms with Crippen molar-refractivity contribution >= 4 is 28.5 Å². The summed E-state index contributed by atoms with van der Waals surface area (Å²) in [4.78, 5) is 18.1. The molecular weight excluding hydrogens is 382 g/mol. The molecule has 0 aliphatic carbocycles. The maximum absolute atomic E-state index is 10.8. The Bertz CT molecular complexity index is 1140. The Morgan fingerprint density at radius 1 is 1.21 bits per heavy atom. The third kappa shape index (κ3) is 3.54. The molecular formula is C18H15N5O4S. The number of imidazole rings is 1. The number of nitro benzene ring substituents is 1. The van der Waals surface area contributed by atoms with Crippen LogP contribution in [0, 0.1) is 10.1 Å². The third-order valence-corrected chi connectivity index (χ3v) is 5.04. The molecule has 142 valence electrons. The van der Waals surface area contributed by atoms with Gasteiger partial charge in [-0.25, -0.2) is 4.98 Å². The predicted octanol–water partition coefficient (Wildman–Crippen LogP) is 4.38. The van der Waals surface area contributed by atoms with Gasteiger partial charge in [0.2, 0.25) is 11.8 Å². The lowest BCUT2D eigenvalue weighted by Gasteiger charge is -2.03. The molecule has 0 radical (unpaired) electrons. The molecule has 0 bridgehead atoms. The van der Waals surface area contributed by atoms with E-state index in [2.05, 4.69) is 20.2 Å². The fourth-order valence-electron chi connectivity index (χ4n) is 2.61. The molecule has 2 aromatic carbocycles. The maximum Gasteiger partial charge on any atom is 0.269 e. The Balaban J connectivity index is 1.51. The summed E-state index contributed by atoms with van der Waals surface area (Å²) in [5.41, 5.74) is 2.35. The van der Waals surface area contributed by atoms with Crippen LogP contribution >= 0.6 is 11.8 Å². The van der Waals surface area contributed by atoms with Crippen LogP contribution in [-0.4, -0.2) is 32.2 Å². The molecule has 10 heteroatoms. The van der Waals surface area contributed by atoms with Gasteiger partial charge in [0.1, 0.15) is 5.75 Å². The van der Waals surface area contributed by atoms with E-state index in [0.29, 0.717) is 17.3 Å². The molecule has 1 atom stereocenters. The Hall–Kier alpha value is -3.40. The first kappa shape index (κ1) is 18.0. The summed E-state index contributed by atoms with van der Waals surface area (Å²) in [5, 5.41) is 19.5. The zero-order chi connectivity index (χ0) is 19.7. The quantitative estimate of drug-likeness (QED) is 0.289. The summed E-state index contributed by atoms with van der Waals surface area (Å²) < 4.78 is 11.0. The Morgan fingerprint density at radius 2 is 2.00 bits per heavy atom. The first-order valence-corrected chi connectivity index (χ1v) is 9.20. The SMILES string of the molecule is COc1ccc2nc(S[C@@H](C)c3nnc(-c4ccc([N+](=O)[O-])cc4)o3)[nH]c2c1. The van der Waals surface area contributed by atoms with Gasteiger partial charge in [-0.1, -0.05) is 11.8 Å². The molecule has 2 heterocycles. The van der Waals surface area contributed by atoms with Gasteiger partial charge in [0.25, 0.3) is 5.69 Å². The highest BCUT2D eigenvalue weighted by molar-refractivity contribution is 7.99. The zero-order valence-corrected chi connectivity index (χ0v) is 15.8. The first-order chi connectivity index (χ1) is 13.5. The second kappa shape index (κ2) is 7.31. The summed E-state index contributed by atoms with van der Waals surface area (Å²) in [7, 11) is 1.62. The molecule has 9 nitrogen and oxygen atoms in total. The topological polar surface area (TPSA) is 120 Å². The number of hydrogen-bond donors (Lipinski definition) is 1. The van der Waals surface area contributed by atoms with Gasteiger partial charge in [-0.2, -0.15) is 0 Å². The molecule has 28 heavy (non-hydrogen) atoms. The lowest BCUT2D eigenvalue weighted by atomic mass is 10.2. The van der Waals surface area contributed by atoms with Crippen LogP contribution in [0.5, 0.6) is 5.75 Å². The van der Waals surface area contributed by atoms with E-state index in [4.69, 9.17) is 9.15 Å². The number of aromatic amines is 1. The van der Waals surface area contributed by atoms with Gasteiger partial charge in [0.15, 0.2) is 5.16 Å². The lowest BCUT2D eigenvalue weighted by molar-refractivity contribution is -0.384. The van der Waals surface area contributed by atoms with E-state index in [1.165, 1.54) is 23.9 Å². The Labute approximate surface area is 163 Å². The predicted molar refractivity (Wildman–Crippen MR) is 103 cm³/mol. The van der Waals surface area contributed by atoms with Crippen LogP contribution < -0.4 is 4.74 Å². The Morgan fingerprint density at radius 3 is 2.71 bits per heavy atom. The van der Waals surface area contributed by atoms with Gasteiger partial charge < -0.3 is 14.1 Å². The number of benzene rings is 2. The van der Waals surface area contributed by atoms with E-state index in [1.807, 2.05) is 25.1 Å². The monoisotopic (exact) mass is 397 g/mol. The highest BCUT2D eigenvalue weighted by Crippen LogP contribution is 2.35. The van der Waals surface area contributed by atoms with Crippen molar-refractivity contribution in [3.63, 3.8) is 0 Å². The molecule has 2 aromatic heterocycles. The van der Waals surface area contributed by atoms with Crippen molar-refractivity contribution in [2.45, 2.75) is 17.3 Å². The standard InChI is InChI=1S/C18H15N5O4S/c1-10(28-18-19-14-8-7-13(26-2)9-15(14)20-18)16-21-22-17(27-16)11-3-5-12(6-4-11)23(24)25/h3-10H,1-2H3,(H,19,20)/t10-/m0/s1. The molecule has 0 spiro atoms. The van der Waals surface area contributed by atoms with E-state index in [0.717, 1.165) is 21.9 Å². The van der Waals surface area contributed by atoms with Crippen molar-refractivity contribution in [1.82, 2.24) is 20.2 Å². The van der Waals surface area contributed by atoms with Crippen LogP contribution in [-0.2, 0) is 0 Å². The molecule has 0 saturated carbocycles. The molecule has 0 aliphatic rings. The molecule has 4 aromatic rings. The number of ether oxygens (including phenoxy) is 1. The minimum atomic E-state index is -0.454. The number of fused-ring (bicyclic) bond motifs is 1. The number of H-pyrrole nitrogens is 1. The van der Waals surface area contributed by atoms with Crippen molar-refractivity contribution in [3.8, 4) is 17.2 Å². The van der Waals surface area contributed by atoms with Crippen molar-refractivity contribution in [1.29, 1.82) is 0 Å². The Kier molecular flexibility index (Phi) is 4.70. The molecule has 1 N–H and O–H groups in total. The molecule has 0 aliphatic heterocycles. The number of nitrogens with one attached hydrogen (secondary N) is 1. The molecule has 0 amide bonds. The number of aromatic nitrogens is 4. The number of methoxy groups -OCH3 is 1. The maximum atomic E-state index is 10.8. The van der Waals surface area contributed by atoms with Crippen LogP contribution in [0.3, 0.4) is 0 Å². The van der Waals surface area contributed by atoms with E-state index < -0.39 is 4.92 Å². The highest BCUT2D eigenvalue weighted by atomic mass is 32.2. The number of rotatable bonds is 6.